The van der Waals surface area contributed by atoms with Gasteiger partial charge in [0, 0.05) is 24.7 Å². The van der Waals surface area contributed by atoms with Gasteiger partial charge in [0.1, 0.15) is 11.5 Å². The maximum Gasteiger partial charge on any atom is 0.293 e. The summed E-state index contributed by atoms with van der Waals surface area (Å²) < 4.78 is 13.7. The second-order valence-corrected chi connectivity index (χ2v) is 6.80. The van der Waals surface area contributed by atoms with E-state index >= 15 is 0 Å². The van der Waals surface area contributed by atoms with Crippen molar-refractivity contribution in [1.29, 1.82) is 0 Å². The van der Waals surface area contributed by atoms with Crippen LogP contribution in [-0.4, -0.2) is 29.0 Å². The standard InChI is InChI=1S/C19H19FN4O3S/c20-14-6-2-3-7-15(14)21-19(28)22-18(25)13-8-9-16(17(12-13)24(26)27)23-10-4-1-5-11-23/h2-3,6-9,12H,1,4-5,10-11H2,(H2,21,22,25,28). The van der Waals surface area contributed by atoms with Crippen molar-refractivity contribution in [3.63, 3.8) is 0 Å². The van der Waals surface area contributed by atoms with Crippen LogP contribution in [0.5, 0.6) is 0 Å². The number of hydrogen-bond donors (Lipinski definition) is 2. The number of nitrogens with one attached hydrogen (secondary N) is 2. The molecule has 9 heteroatoms. The Balaban J connectivity index is 1.74. The zero-order valence-electron chi connectivity index (χ0n) is 15.0. The number of benzene rings is 2. The van der Waals surface area contributed by atoms with E-state index in [1.807, 2.05) is 4.90 Å². The topological polar surface area (TPSA) is 87.5 Å². The van der Waals surface area contributed by atoms with Gasteiger partial charge in [0.25, 0.3) is 11.6 Å². The van der Waals surface area contributed by atoms with E-state index in [0.717, 1.165) is 32.4 Å². The minimum Gasteiger partial charge on any atom is -0.366 e. The van der Waals surface area contributed by atoms with E-state index in [9.17, 15) is 19.3 Å². The molecule has 0 radical (unpaired) electrons. The number of piperidine rings is 1. The van der Waals surface area contributed by atoms with Gasteiger partial charge in [-0.3, -0.25) is 20.2 Å². The van der Waals surface area contributed by atoms with Gasteiger partial charge in [-0.15, -0.1) is 0 Å². The van der Waals surface area contributed by atoms with Gasteiger partial charge in [-0.25, -0.2) is 4.39 Å². The number of nitro benzene ring substituents is 1. The van der Waals surface area contributed by atoms with Crippen LogP contribution in [0, 0.1) is 15.9 Å². The SMILES string of the molecule is O=C(NC(=S)Nc1ccccc1F)c1ccc(N2CCCCC2)c([N+](=O)[O-])c1. The van der Waals surface area contributed by atoms with Crippen LogP contribution < -0.4 is 15.5 Å². The van der Waals surface area contributed by atoms with E-state index in [1.54, 1.807) is 12.1 Å². The van der Waals surface area contributed by atoms with Gasteiger partial charge in [0.15, 0.2) is 5.11 Å². The molecule has 1 amide bonds. The molecule has 0 aromatic heterocycles. The lowest BCUT2D eigenvalue weighted by Gasteiger charge is -2.28. The lowest BCUT2D eigenvalue weighted by molar-refractivity contribution is -0.384. The smallest absolute Gasteiger partial charge is 0.293 e. The fourth-order valence-electron chi connectivity index (χ4n) is 3.10. The molecule has 2 aromatic rings. The normalized spacial score (nSPS) is 13.7. The average Bonchev–Trinajstić information content (AvgIpc) is 2.70. The molecule has 1 aliphatic rings. The van der Waals surface area contributed by atoms with Crippen LogP contribution in [0.25, 0.3) is 0 Å². The number of nitro groups is 1. The number of amides is 1. The van der Waals surface area contributed by atoms with Gasteiger partial charge in [-0.2, -0.15) is 0 Å². The molecule has 2 aromatic carbocycles. The maximum atomic E-state index is 13.7. The third kappa shape index (κ3) is 4.61. The number of para-hydroxylation sites is 1. The molecule has 7 nitrogen and oxygen atoms in total. The van der Waals surface area contributed by atoms with E-state index in [0.29, 0.717) is 5.69 Å². The Hall–Kier alpha value is -3.07. The molecule has 0 atom stereocenters. The maximum absolute atomic E-state index is 13.7. The molecule has 0 spiro atoms. The van der Waals surface area contributed by atoms with Crippen molar-refractivity contribution in [1.82, 2.24) is 5.32 Å². The van der Waals surface area contributed by atoms with Crippen molar-refractivity contribution in [2.24, 2.45) is 0 Å². The van der Waals surface area contributed by atoms with Crippen molar-refractivity contribution in [3.8, 4) is 0 Å². The molecule has 0 unspecified atom stereocenters. The highest BCUT2D eigenvalue weighted by atomic mass is 32.1. The number of thiocarbonyl (C=S) groups is 1. The van der Waals surface area contributed by atoms with Crippen molar-refractivity contribution >= 4 is 40.3 Å². The third-order valence-electron chi connectivity index (χ3n) is 4.48. The molecule has 0 saturated carbocycles. The van der Waals surface area contributed by atoms with Crippen molar-refractivity contribution in [3.05, 3.63) is 64.0 Å². The summed E-state index contributed by atoms with van der Waals surface area (Å²) in [4.78, 5) is 25.4. The summed E-state index contributed by atoms with van der Waals surface area (Å²) in [5.74, 6) is -1.12. The van der Waals surface area contributed by atoms with Crippen molar-refractivity contribution in [2.75, 3.05) is 23.3 Å². The predicted octanol–water partition coefficient (Wildman–Crippen LogP) is 3.85. The molecule has 0 aliphatic carbocycles. The number of anilines is 2. The zero-order valence-corrected chi connectivity index (χ0v) is 15.8. The molecule has 1 fully saturated rings. The van der Waals surface area contributed by atoms with Crippen LogP contribution in [0.1, 0.15) is 29.6 Å². The van der Waals surface area contributed by atoms with Crippen LogP contribution in [0.4, 0.5) is 21.5 Å². The first kappa shape index (κ1) is 19.7. The second-order valence-electron chi connectivity index (χ2n) is 6.40. The Labute approximate surface area is 166 Å². The van der Waals surface area contributed by atoms with E-state index in [2.05, 4.69) is 10.6 Å². The number of carbonyl (C=O) groups excluding carboxylic acids is 1. The first-order chi connectivity index (χ1) is 13.5. The molecule has 3 rings (SSSR count). The molecule has 1 heterocycles. The molecule has 0 bridgehead atoms. The van der Waals surface area contributed by atoms with E-state index < -0.39 is 16.6 Å². The van der Waals surface area contributed by atoms with Gasteiger partial charge in [0.05, 0.1) is 10.6 Å². The Morgan fingerprint density at radius 2 is 1.86 bits per heavy atom. The van der Waals surface area contributed by atoms with Crippen LogP contribution >= 0.6 is 12.2 Å². The lowest BCUT2D eigenvalue weighted by Crippen LogP contribution is -2.34. The van der Waals surface area contributed by atoms with E-state index in [-0.39, 0.29) is 22.1 Å². The number of nitrogens with zero attached hydrogens (tertiary/aromatic N) is 2. The van der Waals surface area contributed by atoms with Crippen molar-refractivity contribution in [2.45, 2.75) is 19.3 Å². The lowest BCUT2D eigenvalue weighted by atomic mass is 10.1. The molecule has 146 valence electrons. The summed E-state index contributed by atoms with van der Waals surface area (Å²) in [6, 6.07) is 10.2. The van der Waals surface area contributed by atoms with Crippen molar-refractivity contribution < 1.29 is 14.1 Å². The number of halogens is 1. The summed E-state index contributed by atoms with van der Waals surface area (Å²) in [5.41, 5.74) is 0.611. The fourth-order valence-corrected chi connectivity index (χ4v) is 3.31. The van der Waals surface area contributed by atoms with Crippen LogP contribution in [0.2, 0.25) is 0 Å². The van der Waals surface area contributed by atoms with Gasteiger partial charge >= 0.3 is 0 Å². The predicted molar refractivity (Wildman–Crippen MR) is 109 cm³/mol. The fraction of sp³-hybridized carbons (Fsp3) is 0.263. The highest BCUT2D eigenvalue weighted by Gasteiger charge is 2.23. The highest BCUT2D eigenvalue weighted by molar-refractivity contribution is 7.80. The van der Waals surface area contributed by atoms with E-state index in [4.69, 9.17) is 12.2 Å². The summed E-state index contributed by atoms with van der Waals surface area (Å²) in [7, 11) is 0. The molecule has 1 aliphatic heterocycles. The number of rotatable bonds is 4. The van der Waals surface area contributed by atoms with Gasteiger partial charge in [0.2, 0.25) is 0 Å². The summed E-state index contributed by atoms with van der Waals surface area (Å²) in [6.45, 7) is 1.51. The molecule has 2 N–H and O–H groups in total. The van der Waals surface area contributed by atoms with E-state index in [1.165, 1.54) is 30.3 Å². The molecule has 28 heavy (non-hydrogen) atoms. The van der Waals surface area contributed by atoms with Crippen LogP contribution in [-0.2, 0) is 0 Å². The van der Waals surface area contributed by atoms with Gasteiger partial charge in [-0.1, -0.05) is 12.1 Å². The molecule has 1 saturated heterocycles. The highest BCUT2D eigenvalue weighted by Crippen LogP contribution is 2.31. The summed E-state index contributed by atoms with van der Waals surface area (Å²) in [5, 5.41) is 16.4. The monoisotopic (exact) mass is 402 g/mol. The quantitative estimate of drug-likeness (QED) is 0.459. The largest absolute Gasteiger partial charge is 0.366 e. The van der Waals surface area contributed by atoms with Gasteiger partial charge < -0.3 is 10.2 Å². The summed E-state index contributed by atoms with van der Waals surface area (Å²) >= 11 is 5.03. The summed E-state index contributed by atoms with van der Waals surface area (Å²) in [6.07, 6.45) is 3.07. The average molecular weight is 402 g/mol. The number of hydrogen-bond acceptors (Lipinski definition) is 5. The first-order valence-corrected chi connectivity index (χ1v) is 9.27. The second kappa shape index (κ2) is 8.75. The van der Waals surface area contributed by atoms with Crippen LogP contribution in [0.15, 0.2) is 42.5 Å². The Bertz CT molecular complexity index is 916. The molecular weight excluding hydrogens is 383 g/mol. The minimum atomic E-state index is -0.609. The van der Waals surface area contributed by atoms with Gasteiger partial charge in [-0.05, 0) is 55.7 Å². The Morgan fingerprint density at radius 3 is 2.54 bits per heavy atom. The number of carbonyl (C=O) groups is 1. The first-order valence-electron chi connectivity index (χ1n) is 8.86. The third-order valence-corrected chi connectivity index (χ3v) is 4.68. The Morgan fingerprint density at radius 1 is 1.14 bits per heavy atom. The van der Waals surface area contributed by atoms with Crippen LogP contribution in [0.3, 0.4) is 0 Å². The Kier molecular flexibility index (Phi) is 6.15. The minimum absolute atomic E-state index is 0.0992. The molecular formula is C19H19FN4O3S. The zero-order chi connectivity index (χ0) is 20.1.